The second kappa shape index (κ2) is 6.43. The molecule has 2 aromatic rings. The Hall–Kier alpha value is -2.23. The predicted molar refractivity (Wildman–Crippen MR) is 107 cm³/mol. The number of hydrogen-bond donors (Lipinski definition) is 2. The molecule has 1 aromatic carbocycles. The quantitative estimate of drug-likeness (QED) is 0.778. The summed E-state index contributed by atoms with van der Waals surface area (Å²) >= 11 is 0. The molecule has 0 saturated heterocycles. The number of aromatic nitrogens is 1. The number of aromatic amines is 1. The van der Waals surface area contributed by atoms with Crippen LogP contribution in [0.1, 0.15) is 58.4 Å². The number of benzene rings is 1. The van der Waals surface area contributed by atoms with Crippen LogP contribution in [-0.2, 0) is 0 Å². The lowest BCUT2D eigenvalue weighted by molar-refractivity contribution is -0.0459. The number of pyridine rings is 1. The van der Waals surface area contributed by atoms with Crippen molar-refractivity contribution in [3.8, 4) is 22.6 Å². The highest BCUT2D eigenvalue weighted by Crippen LogP contribution is 2.59. The molecule has 1 aliphatic heterocycles. The van der Waals surface area contributed by atoms with Crippen LogP contribution in [-0.4, -0.2) is 16.2 Å². The number of nitrogens with one attached hydrogen (secondary N) is 1. The first-order valence-corrected chi connectivity index (χ1v) is 10.1. The topological polar surface area (TPSA) is 62.3 Å². The van der Waals surface area contributed by atoms with Crippen molar-refractivity contribution < 1.29 is 9.84 Å². The highest BCUT2D eigenvalue weighted by Gasteiger charge is 2.54. The Kier molecular flexibility index (Phi) is 4.32. The van der Waals surface area contributed by atoms with Crippen LogP contribution in [0.25, 0.3) is 11.1 Å². The molecule has 0 spiro atoms. The van der Waals surface area contributed by atoms with E-state index in [0.717, 1.165) is 41.7 Å². The third kappa shape index (κ3) is 2.77. The van der Waals surface area contributed by atoms with E-state index < -0.39 is 0 Å². The fourth-order valence-corrected chi connectivity index (χ4v) is 5.95. The monoisotopic (exact) mass is 367 g/mol. The minimum atomic E-state index is -0.0284. The first-order chi connectivity index (χ1) is 12.8. The molecule has 4 nitrogen and oxygen atoms in total. The van der Waals surface area contributed by atoms with Gasteiger partial charge in [0, 0.05) is 23.1 Å². The Morgan fingerprint density at radius 3 is 2.63 bits per heavy atom. The second-order valence-corrected chi connectivity index (χ2v) is 8.84. The minimum Gasteiger partial charge on any atom is -0.508 e. The van der Waals surface area contributed by atoms with Gasteiger partial charge in [0.05, 0.1) is 5.56 Å². The molecule has 144 valence electrons. The van der Waals surface area contributed by atoms with Gasteiger partial charge in [-0.05, 0) is 48.8 Å². The third-order valence-corrected chi connectivity index (χ3v) is 6.78. The molecule has 2 aliphatic rings. The minimum absolute atomic E-state index is 0.0280. The second-order valence-electron chi connectivity index (χ2n) is 8.84. The molecule has 2 heterocycles. The van der Waals surface area contributed by atoms with E-state index in [1.165, 1.54) is 0 Å². The summed E-state index contributed by atoms with van der Waals surface area (Å²) in [6, 6.07) is 7.07. The van der Waals surface area contributed by atoms with E-state index in [2.05, 4.69) is 32.7 Å². The summed E-state index contributed by atoms with van der Waals surface area (Å²) in [6.45, 7) is 9.09. The maximum absolute atomic E-state index is 12.9. The first kappa shape index (κ1) is 18.1. The molecule has 0 unspecified atom stereocenters. The fraction of sp³-hybridized carbons (Fsp3) is 0.522. The van der Waals surface area contributed by atoms with Crippen LogP contribution in [0.15, 0.2) is 35.3 Å². The molecule has 0 radical (unpaired) electrons. The van der Waals surface area contributed by atoms with E-state index in [1.54, 1.807) is 18.3 Å². The summed E-state index contributed by atoms with van der Waals surface area (Å²) in [5, 5.41) is 9.62. The molecule has 2 N–H and O–H groups in total. The van der Waals surface area contributed by atoms with Gasteiger partial charge in [0.15, 0.2) is 0 Å². The molecular weight excluding hydrogens is 338 g/mol. The van der Waals surface area contributed by atoms with Gasteiger partial charge >= 0.3 is 0 Å². The highest BCUT2D eigenvalue weighted by atomic mass is 16.5. The van der Waals surface area contributed by atoms with E-state index in [0.29, 0.717) is 11.8 Å². The van der Waals surface area contributed by atoms with Gasteiger partial charge in [-0.1, -0.05) is 39.8 Å². The number of aromatic hydroxyl groups is 1. The first-order valence-electron chi connectivity index (χ1n) is 10.1. The van der Waals surface area contributed by atoms with Gasteiger partial charge in [-0.25, -0.2) is 0 Å². The van der Waals surface area contributed by atoms with E-state index in [-0.39, 0.29) is 28.7 Å². The van der Waals surface area contributed by atoms with E-state index >= 15 is 0 Å². The Morgan fingerprint density at radius 2 is 1.96 bits per heavy atom. The van der Waals surface area contributed by atoms with Gasteiger partial charge in [0.25, 0.3) is 5.56 Å². The number of rotatable bonds is 2. The zero-order valence-corrected chi connectivity index (χ0v) is 16.6. The standard InChI is InChI=1S/C23H29NO3/c1-5-18-23(4)11-13(2)10-14(3)20(23)19-21(27-18)17(12-24-22(19)26)15-6-8-16(25)9-7-15/h6-9,12-14,18,20,25H,5,10-11H2,1-4H3,(H,24,26)/t13-,14+,18+,20+,23+/m0/s1. The lowest BCUT2D eigenvalue weighted by Gasteiger charge is -2.54. The van der Waals surface area contributed by atoms with Crippen molar-refractivity contribution in [1.29, 1.82) is 0 Å². The molecule has 4 heteroatoms. The molecule has 0 bridgehead atoms. The maximum Gasteiger partial charge on any atom is 0.255 e. The van der Waals surface area contributed by atoms with Crippen LogP contribution >= 0.6 is 0 Å². The molecule has 1 aromatic heterocycles. The van der Waals surface area contributed by atoms with Crippen LogP contribution in [0.3, 0.4) is 0 Å². The van der Waals surface area contributed by atoms with Crippen LogP contribution in [0.5, 0.6) is 11.5 Å². The van der Waals surface area contributed by atoms with Crippen LogP contribution < -0.4 is 10.3 Å². The number of ether oxygens (including phenoxy) is 1. The summed E-state index contributed by atoms with van der Waals surface area (Å²) in [5.41, 5.74) is 2.60. The number of phenolic OH excluding ortho intramolecular Hbond substituents is 1. The van der Waals surface area contributed by atoms with Gasteiger partial charge < -0.3 is 14.8 Å². The Labute approximate surface area is 160 Å². The summed E-state index contributed by atoms with van der Waals surface area (Å²) < 4.78 is 6.56. The van der Waals surface area contributed by atoms with Crippen LogP contribution in [0.4, 0.5) is 0 Å². The van der Waals surface area contributed by atoms with Crippen molar-refractivity contribution in [3.05, 3.63) is 46.4 Å². The van der Waals surface area contributed by atoms with Crippen molar-refractivity contribution in [3.63, 3.8) is 0 Å². The summed E-state index contributed by atoms with van der Waals surface area (Å²) in [4.78, 5) is 15.9. The van der Waals surface area contributed by atoms with Crippen molar-refractivity contribution in [2.75, 3.05) is 0 Å². The van der Waals surface area contributed by atoms with Crippen molar-refractivity contribution in [1.82, 2.24) is 4.98 Å². The lowest BCUT2D eigenvalue weighted by atomic mass is 9.54. The Bertz CT molecular complexity index is 901. The van der Waals surface area contributed by atoms with Gasteiger partial charge in [0.2, 0.25) is 0 Å². The van der Waals surface area contributed by atoms with Gasteiger partial charge in [-0.15, -0.1) is 0 Å². The van der Waals surface area contributed by atoms with Gasteiger partial charge in [0.1, 0.15) is 17.6 Å². The molecule has 5 atom stereocenters. The van der Waals surface area contributed by atoms with Gasteiger partial charge in [-0.3, -0.25) is 4.79 Å². The molecule has 0 amide bonds. The van der Waals surface area contributed by atoms with Crippen molar-refractivity contribution >= 4 is 0 Å². The SMILES string of the molecule is CC[C@H]1Oc2c(-c3ccc(O)cc3)c[nH]c(=O)c2[C@H]2[C@H](C)C[C@H](C)C[C@]12C. The number of H-pyrrole nitrogens is 1. The Balaban J connectivity index is 1.94. The van der Waals surface area contributed by atoms with Gasteiger partial charge in [-0.2, -0.15) is 0 Å². The summed E-state index contributed by atoms with van der Waals surface area (Å²) in [5.74, 6) is 2.24. The predicted octanol–water partition coefficient (Wildman–Crippen LogP) is 5.07. The Morgan fingerprint density at radius 1 is 1.26 bits per heavy atom. The summed E-state index contributed by atoms with van der Waals surface area (Å²) in [7, 11) is 0. The number of fused-ring (bicyclic) bond motifs is 3. The van der Waals surface area contributed by atoms with Crippen molar-refractivity contribution in [2.45, 2.75) is 59.0 Å². The van der Waals surface area contributed by atoms with E-state index in [9.17, 15) is 9.90 Å². The zero-order chi connectivity index (χ0) is 19.3. The molecular formula is C23H29NO3. The highest BCUT2D eigenvalue weighted by molar-refractivity contribution is 5.72. The molecule has 4 rings (SSSR count). The normalized spacial score (nSPS) is 32.3. The molecule has 1 aliphatic carbocycles. The smallest absolute Gasteiger partial charge is 0.255 e. The largest absolute Gasteiger partial charge is 0.508 e. The molecule has 27 heavy (non-hydrogen) atoms. The van der Waals surface area contributed by atoms with E-state index in [4.69, 9.17) is 4.74 Å². The fourth-order valence-electron chi connectivity index (χ4n) is 5.95. The summed E-state index contributed by atoms with van der Waals surface area (Å²) in [6.07, 6.45) is 4.99. The number of hydrogen-bond acceptors (Lipinski definition) is 3. The van der Waals surface area contributed by atoms with Crippen LogP contribution in [0.2, 0.25) is 0 Å². The average Bonchev–Trinajstić information content (AvgIpc) is 2.61. The van der Waals surface area contributed by atoms with Crippen molar-refractivity contribution in [2.24, 2.45) is 17.3 Å². The van der Waals surface area contributed by atoms with Crippen LogP contribution in [0, 0.1) is 17.3 Å². The third-order valence-electron chi connectivity index (χ3n) is 6.78. The molecule has 1 fully saturated rings. The average molecular weight is 367 g/mol. The zero-order valence-electron chi connectivity index (χ0n) is 16.6. The maximum atomic E-state index is 12.9. The lowest BCUT2D eigenvalue weighted by Crippen LogP contribution is -2.52. The number of phenols is 1. The van der Waals surface area contributed by atoms with E-state index in [1.807, 2.05) is 12.1 Å². The molecule has 1 saturated carbocycles.